The summed E-state index contributed by atoms with van der Waals surface area (Å²) in [5.74, 6) is 0.836. The van der Waals surface area contributed by atoms with Crippen molar-refractivity contribution in [1.82, 2.24) is 9.78 Å². The molecule has 0 saturated heterocycles. The Morgan fingerprint density at radius 2 is 1.95 bits per heavy atom. The zero-order valence-corrected chi connectivity index (χ0v) is 13.2. The number of nitrogens with zero attached hydrogens (tertiary/aromatic N) is 2. The Bertz CT molecular complexity index is 630. The topological polar surface area (TPSA) is 46.9 Å². The molecule has 0 aliphatic heterocycles. The maximum atomic E-state index is 12.1. The van der Waals surface area contributed by atoms with Crippen LogP contribution in [-0.2, 0) is 11.2 Å². The van der Waals surface area contributed by atoms with Crippen LogP contribution in [-0.4, -0.2) is 15.7 Å². The van der Waals surface area contributed by atoms with Gasteiger partial charge in [-0.25, -0.2) is 4.68 Å². The summed E-state index contributed by atoms with van der Waals surface area (Å²) in [5, 5.41) is 8.07. The fraction of sp³-hybridized carbons (Fsp3) is 0.412. The lowest BCUT2D eigenvalue weighted by molar-refractivity contribution is -0.116. The molecule has 1 aliphatic carbocycles. The quantitative estimate of drug-likeness (QED) is 0.897. The molecular weight excluding hydrogens is 298 g/mol. The molecule has 1 aromatic carbocycles. The number of benzene rings is 1. The summed E-state index contributed by atoms with van der Waals surface area (Å²) in [6, 6.07) is 9.92. The SMILES string of the molecule is O=C(CCc1ccc(Cl)cc1)Nc1ccnn1C1CCCC1. The maximum Gasteiger partial charge on any atom is 0.225 e. The molecule has 22 heavy (non-hydrogen) atoms. The van der Waals surface area contributed by atoms with Crippen LogP contribution in [0.4, 0.5) is 5.82 Å². The van der Waals surface area contributed by atoms with Gasteiger partial charge in [0, 0.05) is 17.5 Å². The van der Waals surface area contributed by atoms with E-state index in [9.17, 15) is 4.79 Å². The third-order valence-corrected chi connectivity index (χ3v) is 4.41. The molecular formula is C17H20ClN3O. The van der Waals surface area contributed by atoms with Crippen LogP contribution in [0.5, 0.6) is 0 Å². The summed E-state index contributed by atoms with van der Waals surface area (Å²) in [6.07, 6.45) is 7.71. The van der Waals surface area contributed by atoms with Crippen LogP contribution >= 0.6 is 11.6 Å². The second-order valence-electron chi connectivity index (χ2n) is 5.77. The van der Waals surface area contributed by atoms with E-state index in [-0.39, 0.29) is 5.91 Å². The van der Waals surface area contributed by atoms with E-state index in [1.807, 2.05) is 35.0 Å². The van der Waals surface area contributed by atoms with E-state index >= 15 is 0 Å². The first-order chi connectivity index (χ1) is 10.7. The minimum atomic E-state index is 0.0229. The Balaban J connectivity index is 1.55. The van der Waals surface area contributed by atoms with Gasteiger partial charge >= 0.3 is 0 Å². The molecule has 0 radical (unpaired) electrons. The van der Waals surface area contributed by atoms with E-state index in [1.165, 1.54) is 12.8 Å². The number of hydrogen-bond donors (Lipinski definition) is 1. The van der Waals surface area contributed by atoms with Gasteiger partial charge in [0.05, 0.1) is 12.2 Å². The number of nitrogens with one attached hydrogen (secondary N) is 1. The standard InChI is InChI=1S/C17H20ClN3O/c18-14-8-5-13(6-9-14)7-10-17(22)20-16-11-12-19-21(16)15-3-1-2-4-15/h5-6,8-9,11-12,15H,1-4,7,10H2,(H,20,22). The molecule has 5 heteroatoms. The average molecular weight is 318 g/mol. The van der Waals surface area contributed by atoms with Crippen molar-refractivity contribution in [3.8, 4) is 0 Å². The first kappa shape index (κ1) is 15.1. The highest BCUT2D eigenvalue weighted by Gasteiger charge is 2.20. The van der Waals surface area contributed by atoms with Gasteiger partial charge in [0.2, 0.25) is 5.91 Å². The molecule has 1 saturated carbocycles. The van der Waals surface area contributed by atoms with Crippen molar-refractivity contribution in [2.45, 2.75) is 44.6 Å². The van der Waals surface area contributed by atoms with Gasteiger partial charge in [-0.1, -0.05) is 36.6 Å². The zero-order chi connectivity index (χ0) is 15.4. The lowest BCUT2D eigenvalue weighted by Crippen LogP contribution is -2.17. The fourth-order valence-corrected chi connectivity index (χ4v) is 3.09. The molecule has 1 amide bonds. The Kier molecular flexibility index (Phi) is 4.78. The minimum absolute atomic E-state index is 0.0229. The van der Waals surface area contributed by atoms with Crippen LogP contribution in [0.1, 0.15) is 43.7 Å². The van der Waals surface area contributed by atoms with Crippen molar-refractivity contribution in [2.75, 3.05) is 5.32 Å². The van der Waals surface area contributed by atoms with Crippen LogP contribution in [0.25, 0.3) is 0 Å². The molecule has 1 aliphatic rings. The second-order valence-corrected chi connectivity index (χ2v) is 6.21. The number of carbonyl (C=O) groups excluding carboxylic acids is 1. The lowest BCUT2D eigenvalue weighted by atomic mass is 10.1. The van der Waals surface area contributed by atoms with Crippen molar-refractivity contribution in [3.05, 3.63) is 47.1 Å². The van der Waals surface area contributed by atoms with Gasteiger partial charge in [-0.3, -0.25) is 4.79 Å². The van der Waals surface area contributed by atoms with Gasteiger partial charge in [0.1, 0.15) is 5.82 Å². The molecule has 0 unspecified atom stereocenters. The van der Waals surface area contributed by atoms with Crippen molar-refractivity contribution in [3.63, 3.8) is 0 Å². The maximum absolute atomic E-state index is 12.1. The van der Waals surface area contributed by atoms with Gasteiger partial charge < -0.3 is 5.32 Å². The van der Waals surface area contributed by atoms with Crippen molar-refractivity contribution >= 4 is 23.3 Å². The van der Waals surface area contributed by atoms with Gasteiger partial charge in [0.25, 0.3) is 0 Å². The largest absolute Gasteiger partial charge is 0.311 e. The predicted molar refractivity (Wildman–Crippen MR) is 88.1 cm³/mol. The highest BCUT2D eigenvalue weighted by atomic mass is 35.5. The Labute approximate surface area is 135 Å². The summed E-state index contributed by atoms with van der Waals surface area (Å²) in [7, 11) is 0. The van der Waals surface area contributed by atoms with Crippen LogP contribution in [0.15, 0.2) is 36.5 Å². The highest BCUT2D eigenvalue weighted by molar-refractivity contribution is 6.30. The normalized spacial score (nSPS) is 15.1. The Morgan fingerprint density at radius 1 is 1.23 bits per heavy atom. The number of hydrogen-bond acceptors (Lipinski definition) is 2. The van der Waals surface area contributed by atoms with E-state index in [1.54, 1.807) is 6.20 Å². The number of aromatic nitrogens is 2. The van der Waals surface area contributed by atoms with E-state index in [0.29, 0.717) is 23.9 Å². The molecule has 1 fully saturated rings. The highest BCUT2D eigenvalue weighted by Crippen LogP contribution is 2.31. The summed E-state index contributed by atoms with van der Waals surface area (Å²) < 4.78 is 1.97. The molecule has 1 N–H and O–H groups in total. The summed E-state index contributed by atoms with van der Waals surface area (Å²) >= 11 is 5.86. The van der Waals surface area contributed by atoms with Crippen LogP contribution < -0.4 is 5.32 Å². The summed E-state index contributed by atoms with van der Waals surface area (Å²) in [5.41, 5.74) is 1.11. The number of aryl methyl sites for hydroxylation is 1. The Morgan fingerprint density at radius 3 is 2.68 bits per heavy atom. The average Bonchev–Trinajstić information content (AvgIpc) is 3.17. The smallest absolute Gasteiger partial charge is 0.225 e. The third kappa shape index (κ3) is 3.69. The lowest BCUT2D eigenvalue weighted by Gasteiger charge is -2.14. The predicted octanol–water partition coefficient (Wildman–Crippen LogP) is 4.22. The molecule has 4 nitrogen and oxygen atoms in total. The second kappa shape index (κ2) is 6.97. The van der Waals surface area contributed by atoms with Gasteiger partial charge in [-0.05, 0) is 37.0 Å². The van der Waals surface area contributed by atoms with E-state index in [4.69, 9.17) is 11.6 Å². The van der Waals surface area contributed by atoms with Crippen LogP contribution in [0.2, 0.25) is 5.02 Å². The van der Waals surface area contributed by atoms with Gasteiger partial charge in [-0.2, -0.15) is 5.10 Å². The first-order valence-corrected chi connectivity index (χ1v) is 8.18. The van der Waals surface area contributed by atoms with Crippen molar-refractivity contribution in [2.24, 2.45) is 0 Å². The number of rotatable bonds is 5. The van der Waals surface area contributed by atoms with Crippen molar-refractivity contribution in [1.29, 1.82) is 0 Å². The van der Waals surface area contributed by atoms with E-state index in [2.05, 4.69) is 10.4 Å². The van der Waals surface area contributed by atoms with Crippen LogP contribution in [0.3, 0.4) is 0 Å². The summed E-state index contributed by atoms with van der Waals surface area (Å²) in [4.78, 5) is 12.1. The molecule has 1 aromatic heterocycles. The Hall–Kier alpha value is -1.81. The monoisotopic (exact) mass is 317 g/mol. The van der Waals surface area contributed by atoms with E-state index in [0.717, 1.165) is 24.2 Å². The van der Waals surface area contributed by atoms with E-state index < -0.39 is 0 Å². The summed E-state index contributed by atoms with van der Waals surface area (Å²) in [6.45, 7) is 0. The van der Waals surface area contributed by atoms with Gasteiger partial charge in [0.15, 0.2) is 0 Å². The molecule has 2 aromatic rings. The molecule has 3 rings (SSSR count). The number of carbonyl (C=O) groups is 1. The third-order valence-electron chi connectivity index (χ3n) is 4.16. The molecule has 0 bridgehead atoms. The van der Waals surface area contributed by atoms with Gasteiger partial charge in [-0.15, -0.1) is 0 Å². The van der Waals surface area contributed by atoms with Crippen LogP contribution in [0, 0.1) is 0 Å². The number of anilines is 1. The molecule has 0 atom stereocenters. The van der Waals surface area contributed by atoms with Crippen molar-refractivity contribution < 1.29 is 4.79 Å². The first-order valence-electron chi connectivity index (χ1n) is 7.80. The minimum Gasteiger partial charge on any atom is -0.311 e. The number of halogens is 1. The molecule has 0 spiro atoms. The zero-order valence-electron chi connectivity index (χ0n) is 12.5. The molecule has 1 heterocycles. The number of amides is 1. The fourth-order valence-electron chi connectivity index (χ4n) is 2.97. The molecule has 116 valence electrons.